The van der Waals surface area contributed by atoms with Crippen molar-refractivity contribution in [3.63, 3.8) is 0 Å². The summed E-state index contributed by atoms with van der Waals surface area (Å²) in [5.41, 5.74) is 6.40. The molecule has 0 spiro atoms. The normalized spacial score (nSPS) is 10.3. The van der Waals surface area contributed by atoms with Gasteiger partial charge in [-0.3, -0.25) is 0 Å². The Morgan fingerprint density at radius 3 is 2.73 bits per heavy atom. The Labute approximate surface area is 104 Å². The van der Waals surface area contributed by atoms with Crippen molar-refractivity contribution < 1.29 is 9.47 Å². The van der Waals surface area contributed by atoms with Crippen LogP contribution >= 0.6 is 22.6 Å². The van der Waals surface area contributed by atoms with Crippen molar-refractivity contribution >= 4 is 28.3 Å². The molecule has 1 rings (SSSR count). The Bertz CT molecular complexity index is 305. The second-order valence-electron chi connectivity index (χ2n) is 3.15. The van der Waals surface area contributed by atoms with Crippen molar-refractivity contribution in [3.05, 3.63) is 21.8 Å². The van der Waals surface area contributed by atoms with Crippen LogP contribution in [0.1, 0.15) is 13.3 Å². The van der Waals surface area contributed by atoms with Crippen LogP contribution in [0.25, 0.3) is 0 Å². The van der Waals surface area contributed by atoms with E-state index in [4.69, 9.17) is 15.2 Å². The standard InChI is InChI=1S/C11H16INO2/c1-2-5-14-6-7-15-11-4-3-9(13)8-10(11)12/h3-4,8H,2,5-7,13H2,1H3. The third-order valence-corrected chi connectivity index (χ3v) is 2.63. The van der Waals surface area contributed by atoms with Crippen LogP contribution < -0.4 is 10.5 Å². The van der Waals surface area contributed by atoms with Crippen LogP contribution in [0.3, 0.4) is 0 Å². The SMILES string of the molecule is CCCOCCOc1ccc(N)cc1I. The van der Waals surface area contributed by atoms with Crippen molar-refractivity contribution in [2.24, 2.45) is 0 Å². The molecule has 0 bridgehead atoms. The molecule has 0 aromatic heterocycles. The summed E-state index contributed by atoms with van der Waals surface area (Å²) in [7, 11) is 0. The van der Waals surface area contributed by atoms with E-state index < -0.39 is 0 Å². The summed E-state index contributed by atoms with van der Waals surface area (Å²) in [6.07, 6.45) is 1.04. The van der Waals surface area contributed by atoms with Crippen molar-refractivity contribution in [1.82, 2.24) is 0 Å². The Morgan fingerprint density at radius 2 is 2.07 bits per heavy atom. The monoisotopic (exact) mass is 321 g/mol. The highest BCUT2D eigenvalue weighted by atomic mass is 127. The number of benzene rings is 1. The van der Waals surface area contributed by atoms with E-state index in [2.05, 4.69) is 29.5 Å². The summed E-state index contributed by atoms with van der Waals surface area (Å²) < 4.78 is 11.9. The van der Waals surface area contributed by atoms with E-state index in [9.17, 15) is 0 Å². The lowest BCUT2D eigenvalue weighted by atomic mass is 10.3. The van der Waals surface area contributed by atoms with Gasteiger partial charge in [0.15, 0.2) is 0 Å². The smallest absolute Gasteiger partial charge is 0.132 e. The predicted molar refractivity (Wildman–Crippen MR) is 70.2 cm³/mol. The van der Waals surface area contributed by atoms with Gasteiger partial charge in [0, 0.05) is 12.3 Å². The zero-order valence-corrected chi connectivity index (χ0v) is 11.0. The molecule has 0 aliphatic carbocycles. The zero-order chi connectivity index (χ0) is 11.1. The number of ether oxygens (including phenoxy) is 2. The molecule has 15 heavy (non-hydrogen) atoms. The summed E-state index contributed by atoms with van der Waals surface area (Å²) >= 11 is 2.21. The quantitative estimate of drug-likeness (QED) is 0.498. The lowest BCUT2D eigenvalue weighted by Gasteiger charge is -2.08. The first-order chi connectivity index (χ1) is 7.24. The van der Waals surface area contributed by atoms with Crippen molar-refractivity contribution in [2.45, 2.75) is 13.3 Å². The average Bonchev–Trinajstić information content (AvgIpc) is 2.20. The van der Waals surface area contributed by atoms with Gasteiger partial charge in [-0.15, -0.1) is 0 Å². The maximum Gasteiger partial charge on any atom is 0.132 e. The largest absolute Gasteiger partial charge is 0.490 e. The van der Waals surface area contributed by atoms with Crippen LogP contribution in [0.4, 0.5) is 5.69 Å². The molecule has 1 aromatic rings. The van der Waals surface area contributed by atoms with Gasteiger partial charge in [-0.2, -0.15) is 0 Å². The number of halogens is 1. The molecule has 0 atom stereocenters. The first-order valence-electron chi connectivity index (χ1n) is 4.99. The first-order valence-corrected chi connectivity index (χ1v) is 6.07. The van der Waals surface area contributed by atoms with Crippen molar-refractivity contribution in [3.8, 4) is 5.75 Å². The molecule has 0 saturated carbocycles. The van der Waals surface area contributed by atoms with E-state index in [-0.39, 0.29) is 0 Å². The van der Waals surface area contributed by atoms with Gasteiger partial charge in [-0.05, 0) is 47.2 Å². The van der Waals surface area contributed by atoms with Gasteiger partial charge in [0.2, 0.25) is 0 Å². The lowest BCUT2D eigenvalue weighted by Crippen LogP contribution is -2.07. The van der Waals surface area contributed by atoms with Gasteiger partial charge >= 0.3 is 0 Å². The molecule has 3 nitrogen and oxygen atoms in total. The number of rotatable bonds is 6. The lowest BCUT2D eigenvalue weighted by molar-refractivity contribution is 0.100. The van der Waals surface area contributed by atoms with Crippen LogP contribution in [0.15, 0.2) is 18.2 Å². The topological polar surface area (TPSA) is 44.5 Å². The van der Waals surface area contributed by atoms with E-state index in [0.29, 0.717) is 13.2 Å². The number of hydrogen-bond acceptors (Lipinski definition) is 3. The summed E-state index contributed by atoms with van der Waals surface area (Å²) in [5.74, 6) is 0.866. The number of hydrogen-bond donors (Lipinski definition) is 1. The molecule has 0 saturated heterocycles. The molecule has 0 unspecified atom stereocenters. The Hall–Kier alpha value is -0.490. The summed E-state index contributed by atoms with van der Waals surface area (Å²) in [6, 6.07) is 5.62. The van der Waals surface area contributed by atoms with Crippen LogP contribution in [-0.4, -0.2) is 19.8 Å². The highest BCUT2D eigenvalue weighted by molar-refractivity contribution is 14.1. The molecule has 1 aromatic carbocycles. The Morgan fingerprint density at radius 1 is 1.27 bits per heavy atom. The molecule has 0 heterocycles. The summed E-state index contributed by atoms with van der Waals surface area (Å²) in [6.45, 7) is 4.10. The summed E-state index contributed by atoms with van der Waals surface area (Å²) in [4.78, 5) is 0. The van der Waals surface area contributed by atoms with E-state index in [1.807, 2.05) is 18.2 Å². The molecular weight excluding hydrogens is 305 g/mol. The molecule has 0 amide bonds. The molecular formula is C11H16INO2. The molecule has 4 heteroatoms. The maximum absolute atomic E-state index is 5.64. The minimum atomic E-state index is 0.583. The second-order valence-corrected chi connectivity index (χ2v) is 4.31. The van der Waals surface area contributed by atoms with Crippen LogP contribution in [0.5, 0.6) is 5.75 Å². The Kier molecular flexibility index (Phi) is 5.78. The average molecular weight is 321 g/mol. The highest BCUT2D eigenvalue weighted by Gasteiger charge is 2.00. The zero-order valence-electron chi connectivity index (χ0n) is 8.83. The fourth-order valence-corrected chi connectivity index (χ4v) is 1.79. The number of nitrogens with two attached hydrogens (primary N) is 1. The fourth-order valence-electron chi connectivity index (χ4n) is 1.09. The van der Waals surface area contributed by atoms with Crippen molar-refractivity contribution in [2.75, 3.05) is 25.6 Å². The highest BCUT2D eigenvalue weighted by Crippen LogP contribution is 2.22. The van der Waals surface area contributed by atoms with Gasteiger partial charge in [0.1, 0.15) is 12.4 Å². The molecule has 2 N–H and O–H groups in total. The molecule has 0 radical (unpaired) electrons. The molecule has 0 aliphatic heterocycles. The van der Waals surface area contributed by atoms with Crippen LogP contribution in [-0.2, 0) is 4.74 Å². The van der Waals surface area contributed by atoms with Crippen molar-refractivity contribution in [1.29, 1.82) is 0 Å². The van der Waals surface area contributed by atoms with E-state index in [1.54, 1.807) is 0 Å². The van der Waals surface area contributed by atoms with Gasteiger partial charge in [-0.1, -0.05) is 6.92 Å². The third-order valence-electron chi connectivity index (χ3n) is 1.79. The number of nitrogen functional groups attached to an aromatic ring is 1. The Balaban J connectivity index is 2.31. The molecule has 0 aliphatic rings. The minimum Gasteiger partial charge on any atom is -0.490 e. The maximum atomic E-state index is 5.64. The first kappa shape index (κ1) is 12.6. The van der Waals surface area contributed by atoms with Gasteiger partial charge < -0.3 is 15.2 Å². The molecule has 0 fully saturated rings. The fraction of sp³-hybridized carbons (Fsp3) is 0.455. The minimum absolute atomic E-state index is 0.583. The third kappa shape index (κ3) is 4.70. The van der Waals surface area contributed by atoms with Gasteiger partial charge in [0.05, 0.1) is 10.2 Å². The number of anilines is 1. The van der Waals surface area contributed by atoms with E-state index >= 15 is 0 Å². The second kappa shape index (κ2) is 6.90. The van der Waals surface area contributed by atoms with Crippen LogP contribution in [0.2, 0.25) is 0 Å². The van der Waals surface area contributed by atoms with E-state index in [1.165, 1.54) is 0 Å². The van der Waals surface area contributed by atoms with Gasteiger partial charge in [-0.25, -0.2) is 0 Å². The summed E-state index contributed by atoms with van der Waals surface area (Å²) in [5, 5.41) is 0. The van der Waals surface area contributed by atoms with Crippen LogP contribution in [0, 0.1) is 3.57 Å². The van der Waals surface area contributed by atoms with E-state index in [0.717, 1.165) is 28.0 Å². The molecule has 84 valence electrons. The predicted octanol–water partition coefficient (Wildman–Crippen LogP) is 2.68. The van der Waals surface area contributed by atoms with Gasteiger partial charge in [0.25, 0.3) is 0 Å².